The smallest absolute Gasteiger partial charge is 0.222 e. The van der Waals surface area contributed by atoms with Crippen LogP contribution in [-0.4, -0.2) is 72.8 Å². The maximum Gasteiger partial charge on any atom is 0.222 e. The van der Waals surface area contributed by atoms with E-state index in [0.717, 1.165) is 0 Å². The van der Waals surface area contributed by atoms with E-state index in [1.807, 2.05) is 76.2 Å². The summed E-state index contributed by atoms with van der Waals surface area (Å²) >= 11 is 0. The summed E-state index contributed by atoms with van der Waals surface area (Å²) in [5.74, 6) is -0.518. The zero-order valence-electron chi connectivity index (χ0n) is 24.6. The molecule has 0 radical (unpaired) electrons. The number of nitrogens with one attached hydrogen (secondary N) is 4. The van der Waals surface area contributed by atoms with Crippen molar-refractivity contribution >= 4 is 23.6 Å². The molecule has 9 nitrogen and oxygen atoms in total. The molecule has 0 aromatic carbocycles. The van der Waals surface area contributed by atoms with Crippen LogP contribution in [0.4, 0.5) is 0 Å². The first-order valence-electron chi connectivity index (χ1n) is 13.3. The fourth-order valence-corrected chi connectivity index (χ4v) is 3.43. The van der Waals surface area contributed by atoms with E-state index in [-0.39, 0.29) is 47.4 Å². The molecule has 0 aliphatic heterocycles. The Morgan fingerprint density at radius 3 is 1.50 bits per heavy atom. The van der Waals surface area contributed by atoms with E-state index in [4.69, 9.17) is 0 Å². The Morgan fingerprint density at radius 1 is 0.722 bits per heavy atom. The fraction of sp³-hybridized carbons (Fsp3) is 0.852. The number of hydrogen-bond acceptors (Lipinski definition) is 5. The SMILES string of the molecule is CCC(=O)NC(CN(CCNC(=O)C(C)C)CCNC(=O)C(C)C)C(C)(C)C(C)(C)NC(=O)C(C)C. The van der Waals surface area contributed by atoms with Crippen LogP contribution >= 0.6 is 0 Å². The minimum atomic E-state index is -0.622. The van der Waals surface area contributed by atoms with Crippen molar-refractivity contribution in [3.63, 3.8) is 0 Å². The van der Waals surface area contributed by atoms with Crippen molar-refractivity contribution in [2.75, 3.05) is 32.7 Å². The molecule has 0 aliphatic carbocycles. The van der Waals surface area contributed by atoms with E-state index in [0.29, 0.717) is 39.1 Å². The molecule has 4 amide bonds. The van der Waals surface area contributed by atoms with Crippen LogP contribution in [-0.2, 0) is 19.2 Å². The number of nitrogens with zero attached hydrogens (tertiary/aromatic N) is 1. The second-order valence-electron chi connectivity index (χ2n) is 11.7. The fourth-order valence-electron chi connectivity index (χ4n) is 3.43. The Morgan fingerprint density at radius 2 is 1.14 bits per heavy atom. The lowest BCUT2D eigenvalue weighted by atomic mass is 9.68. The van der Waals surface area contributed by atoms with Crippen molar-refractivity contribution < 1.29 is 19.2 Å². The van der Waals surface area contributed by atoms with Gasteiger partial charge in [0, 0.05) is 73.9 Å². The lowest BCUT2D eigenvalue weighted by Gasteiger charge is -2.49. The largest absolute Gasteiger partial charge is 0.355 e. The van der Waals surface area contributed by atoms with Crippen LogP contribution in [0.25, 0.3) is 0 Å². The summed E-state index contributed by atoms with van der Waals surface area (Å²) in [5.41, 5.74) is -1.15. The molecule has 9 heteroatoms. The first kappa shape index (κ1) is 33.8. The predicted octanol–water partition coefficient (Wildman–Crippen LogP) is 2.30. The Hall–Kier alpha value is -2.16. The molecule has 0 spiro atoms. The van der Waals surface area contributed by atoms with Gasteiger partial charge in [0.25, 0.3) is 0 Å². The molecule has 0 saturated heterocycles. The quantitative estimate of drug-likeness (QED) is 0.254. The van der Waals surface area contributed by atoms with E-state index < -0.39 is 11.0 Å². The van der Waals surface area contributed by atoms with Gasteiger partial charge in [-0.1, -0.05) is 62.3 Å². The lowest BCUT2D eigenvalue weighted by Crippen LogP contribution is -2.65. The molecule has 0 saturated carbocycles. The van der Waals surface area contributed by atoms with Crippen LogP contribution in [0.2, 0.25) is 0 Å². The molecule has 1 atom stereocenters. The summed E-state index contributed by atoms with van der Waals surface area (Å²) in [7, 11) is 0. The third-order valence-corrected chi connectivity index (χ3v) is 7.04. The van der Waals surface area contributed by atoms with Gasteiger partial charge in [-0.2, -0.15) is 0 Å². The van der Waals surface area contributed by atoms with E-state index in [1.165, 1.54) is 0 Å². The zero-order valence-corrected chi connectivity index (χ0v) is 24.6. The van der Waals surface area contributed by atoms with Gasteiger partial charge in [-0.05, 0) is 13.8 Å². The molecule has 0 fully saturated rings. The van der Waals surface area contributed by atoms with Gasteiger partial charge in [0.1, 0.15) is 0 Å². The van der Waals surface area contributed by atoms with Crippen molar-refractivity contribution in [1.82, 2.24) is 26.2 Å². The molecule has 1 unspecified atom stereocenters. The second-order valence-corrected chi connectivity index (χ2v) is 11.7. The predicted molar refractivity (Wildman–Crippen MR) is 145 cm³/mol. The Kier molecular flexibility index (Phi) is 14.3. The van der Waals surface area contributed by atoms with Gasteiger partial charge < -0.3 is 21.3 Å². The first-order chi connectivity index (χ1) is 16.5. The molecule has 0 aliphatic rings. The standard InChI is InChI=1S/C27H53N5O4/c1-12-22(33)30-21(26(8,9)27(10,11)31-25(36)20(6)7)17-32(15-13-28-23(34)18(2)3)16-14-29-24(35)19(4)5/h18-21H,12-17H2,1-11H3,(H,28,34)(H,29,35)(H,30,33)(H,31,36). The highest BCUT2D eigenvalue weighted by atomic mass is 16.2. The molecule has 0 rings (SSSR count). The van der Waals surface area contributed by atoms with Crippen LogP contribution in [0.15, 0.2) is 0 Å². The maximum absolute atomic E-state index is 12.6. The highest BCUT2D eigenvalue weighted by molar-refractivity contribution is 5.79. The minimum absolute atomic E-state index is 0.0169. The number of rotatable bonds is 16. The summed E-state index contributed by atoms with van der Waals surface area (Å²) in [6.45, 7) is 23.5. The van der Waals surface area contributed by atoms with Gasteiger partial charge in [0.15, 0.2) is 0 Å². The van der Waals surface area contributed by atoms with Crippen molar-refractivity contribution in [3.8, 4) is 0 Å². The number of carbonyl (C=O) groups excluding carboxylic acids is 4. The number of amides is 4. The molecule has 210 valence electrons. The van der Waals surface area contributed by atoms with Crippen LogP contribution < -0.4 is 21.3 Å². The lowest BCUT2D eigenvalue weighted by molar-refractivity contribution is -0.128. The summed E-state index contributed by atoms with van der Waals surface area (Å²) in [6.07, 6.45) is 0.347. The van der Waals surface area contributed by atoms with E-state index >= 15 is 0 Å². The normalized spacial score (nSPS) is 13.2. The summed E-state index contributed by atoms with van der Waals surface area (Å²) in [4.78, 5) is 51.4. The van der Waals surface area contributed by atoms with Gasteiger partial charge in [-0.25, -0.2) is 0 Å². The average Bonchev–Trinajstić information content (AvgIpc) is 2.76. The van der Waals surface area contributed by atoms with Crippen molar-refractivity contribution in [2.45, 2.75) is 94.2 Å². The van der Waals surface area contributed by atoms with Crippen LogP contribution in [0.1, 0.15) is 82.6 Å². The Balaban J connectivity index is 5.83. The summed E-state index contributed by atoms with van der Waals surface area (Å²) in [6, 6.07) is -0.297. The minimum Gasteiger partial charge on any atom is -0.355 e. The van der Waals surface area contributed by atoms with E-state index in [9.17, 15) is 19.2 Å². The maximum atomic E-state index is 12.6. The Bertz CT molecular complexity index is 706. The summed E-state index contributed by atoms with van der Waals surface area (Å²) in [5, 5.41) is 12.2. The van der Waals surface area contributed by atoms with E-state index in [1.54, 1.807) is 0 Å². The van der Waals surface area contributed by atoms with Crippen molar-refractivity contribution in [2.24, 2.45) is 23.2 Å². The van der Waals surface area contributed by atoms with Crippen LogP contribution in [0.5, 0.6) is 0 Å². The highest BCUT2D eigenvalue weighted by Gasteiger charge is 2.45. The number of carbonyl (C=O) groups is 4. The van der Waals surface area contributed by atoms with Crippen LogP contribution in [0, 0.1) is 23.2 Å². The van der Waals surface area contributed by atoms with Gasteiger partial charge in [-0.15, -0.1) is 0 Å². The highest BCUT2D eigenvalue weighted by Crippen LogP contribution is 2.35. The molecule has 0 aromatic rings. The van der Waals surface area contributed by atoms with Gasteiger partial charge in [0.2, 0.25) is 23.6 Å². The van der Waals surface area contributed by atoms with Crippen LogP contribution in [0.3, 0.4) is 0 Å². The molecule has 0 aromatic heterocycles. The second kappa shape index (κ2) is 15.2. The number of hydrogen-bond donors (Lipinski definition) is 4. The molecule has 4 N–H and O–H groups in total. The van der Waals surface area contributed by atoms with Gasteiger partial charge >= 0.3 is 0 Å². The summed E-state index contributed by atoms with van der Waals surface area (Å²) < 4.78 is 0. The molecular weight excluding hydrogens is 458 g/mol. The van der Waals surface area contributed by atoms with Crippen molar-refractivity contribution in [3.05, 3.63) is 0 Å². The average molecular weight is 512 g/mol. The van der Waals surface area contributed by atoms with Crippen molar-refractivity contribution in [1.29, 1.82) is 0 Å². The first-order valence-corrected chi connectivity index (χ1v) is 13.3. The molecule has 36 heavy (non-hydrogen) atoms. The monoisotopic (exact) mass is 511 g/mol. The van der Waals surface area contributed by atoms with E-state index in [2.05, 4.69) is 26.2 Å². The molecule has 0 bridgehead atoms. The van der Waals surface area contributed by atoms with Gasteiger partial charge in [0.05, 0.1) is 0 Å². The topological polar surface area (TPSA) is 120 Å². The molecule has 0 heterocycles. The van der Waals surface area contributed by atoms with Gasteiger partial charge in [-0.3, -0.25) is 24.1 Å². The Labute approximate surface area is 219 Å². The third kappa shape index (κ3) is 11.3. The molecular formula is C27H53N5O4. The third-order valence-electron chi connectivity index (χ3n) is 7.04. The zero-order chi connectivity index (χ0) is 28.3.